The quantitative estimate of drug-likeness (QED) is 0.596. The predicted octanol–water partition coefficient (Wildman–Crippen LogP) is 0.811. The highest BCUT2D eigenvalue weighted by molar-refractivity contribution is 7.88. The highest BCUT2D eigenvalue weighted by atomic mass is 32.2. The van der Waals surface area contributed by atoms with Crippen LogP contribution in [-0.4, -0.2) is 41.2 Å². The Balaban J connectivity index is 1.92. The summed E-state index contributed by atoms with van der Waals surface area (Å²) in [7, 11) is -3.28. The zero-order chi connectivity index (χ0) is 18.0. The van der Waals surface area contributed by atoms with Crippen LogP contribution in [0.4, 0.5) is 5.82 Å². The van der Waals surface area contributed by atoms with Gasteiger partial charge in [-0.2, -0.15) is 0 Å². The minimum absolute atomic E-state index is 0.00978. The summed E-state index contributed by atoms with van der Waals surface area (Å²) in [5.74, 6) is 6.16. The molecule has 0 unspecified atom stereocenters. The topological polar surface area (TPSA) is 127 Å². The SMILES string of the molecule is Cc1ccc2nc(-c3nc(C#CCNS(C)(=O)=O)cnc3N)[nH]c2c1. The number of hydrogen-bond donors (Lipinski definition) is 3. The van der Waals surface area contributed by atoms with E-state index >= 15 is 0 Å². The van der Waals surface area contributed by atoms with E-state index < -0.39 is 10.0 Å². The normalized spacial score (nSPS) is 11.3. The summed E-state index contributed by atoms with van der Waals surface area (Å²) in [4.78, 5) is 16.1. The first-order valence-corrected chi connectivity index (χ1v) is 9.24. The van der Waals surface area contributed by atoms with Crippen LogP contribution < -0.4 is 10.5 Å². The lowest BCUT2D eigenvalue weighted by Gasteiger charge is -2.01. The summed E-state index contributed by atoms with van der Waals surface area (Å²) in [6, 6.07) is 5.86. The van der Waals surface area contributed by atoms with Crippen LogP contribution in [0.15, 0.2) is 24.4 Å². The van der Waals surface area contributed by atoms with E-state index in [-0.39, 0.29) is 12.4 Å². The van der Waals surface area contributed by atoms with E-state index in [1.165, 1.54) is 6.20 Å². The number of aryl methyl sites for hydroxylation is 1. The van der Waals surface area contributed by atoms with Gasteiger partial charge in [0.1, 0.15) is 11.4 Å². The number of H-pyrrole nitrogens is 1. The number of sulfonamides is 1. The summed E-state index contributed by atoms with van der Waals surface area (Å²) < 4.78 is 24.3. The van der Waals surface area contributed by atoms with Crippen LogP contribution in [0.25, 0.3) is 22.6 Å². The number of nitrogens with two attached hydrogens (primary N) is 1. The van der Waals surface area contributed by atoms with E-state index in [4.69, 9.17) is 5.73 Å². The number of imidazole rings is 1. The molecule has 0 radical (unpaired) electrons. The van der Waals surface area contributed by atoms with E-state index in [0.29, 0.717) is 17.2 Å². The number of anilines is 1. The van der Waals surface area contributed by atoms with Gasteiger partial charge in [-0.1, -0.05) is 12.0 Å². The molecule has 3 rings (SSSR count). The van der Waals surface area contributed by atoms with Crippen molar-refractivity contribution in [1.29, 1.82) is 0 Å². The van der Waals surface area contributed by atoms with Gasteiger partial charge in [0, 0.05) is 0 Å². The maximum Gasteiger partial charge on any atom is 0.209 e. The molecule has 9 heteroatoms. The number of nitrogens with zero attached hydrogens (tertiary/aromatic N) is 3. The van der Waals surface area contributed by atoms with Gasteiger partial charge >= 0.3 is 0 Å². The third-order valence-corrected chi connectivity index (χ3v) is 3.97. The molecule has 0 aliphatic rings. The number of nitrogen functional groups attached to an aromatic ring is 1. The van der Waals surface area contributed by atoms with Crippen molar-refractivity contribution in [3.8, 4) is 23.4 Å². The highest BCUT2D eigenvalue weighted by Gasteiger charge is 2.12. The molecule has 4 N–H and O–H groups in total. The Bertz CT molecular complexity index is 1110. The number of aromatic nitrogens is 4. The fourth-order valence-electron chi connectivity index (χ4n) is 2.17. The third-order valence-electron chi connectivity index (χ3n) is 3.30. The molecule has 3 aromatic rings. The van der Waals surface area contributed by atoms with Crippen molar-refractivity contribution in [2.45, 2.75) is 6.92 Å². The Morgan fingerprint density at radius 2 is 2.12 bits per heavy atom. The summed E-state index contributed by atoms with van der Waals surface area (Å²) in [6.45, 7) is 1.99. The minimum atomic E-state index is -3.28. The van der Waals surface area contributed by atoms with Crippen molar-refractivity contribution in [2.24, 2.45) is 0 Å². The van der Waals surface area contributed by atoms with Crippen LogP contribution in [0.2, 0.25) is 0 Å². The van der Waals surface area contributed by atoms with Gasteiger partial charge in [-0.3, -0.25) is 0 Å². The van der Waals surface area contributed by atoms with E-state index in [0.717, 1.165) is 22.9 Å². The molecule has 0 aliphatic heterocycles. The van der Waals surface area contributed by atoms with Gasteiger partial charge in [0.2, 0.25) is 10.0 Å². The molecular formula is C16H16N6O2S. The summed E-state index contributed by atoms with van der Waals surface area (Å²) in [5, 5.41) is 0. The smallest absolute Gasteiger partial charge is 0.209 e. The number of nitrogens with one attached hydrogen (secondary N) is 2. The lowest BCUT2D eigenvalue weighted by Crippen LogP contribution is -2.21. The molecule has 0 saturated carbocycles. The van der Waals surface area contributed by atoms with Crippen molar-refractivity contribution in [1.82, 2.24) is 24.7 Å². The molecular weight excluding hydrogens is 340 g/mol. The number of hydrogen-bond acceptors (Lipinski definition) is 6. The van der Waals surface area contributed by atoms with E-state index in [2.05, 4.69) is 36.5 Å². The molecule has 0 aliphatic carbocycles. The number of fused-ring (bicyclic) bond motifs is 1. The second kappa shape index (κ2) is 6.51. The summed E-state index contributed by atoms with van der Waals surface area (Å²) >= 11 is 0. The van der Waals surface area contributed by atoms with Gasteiger partial charge in [0.15, 0.2) is 11.6 Å². The number of benzene rings is 1. The molecule has 2 aromatic heterocycles. The Kier molecular flexibility index (Phi) is 4.39. The molecule has 0 saturated heterocycles. The van der Waals surface area contributed by atoms with Crippen molar-refractivity contribution in [2.75, 3.05) is 18.5 Å². The van der Waals surface area contributed by atoms with E-state index in [9.17, 15) is 8.42 Å². The maximum atomic E-state index is 11.0. The summed E-state index contributed by atoms with van der Waals surface area (Å²) in [5.41, 5.74) is 9.47. The zero-order valence-corrected chi connectivity index (χ0v) is 14.5. The standard InChI is InChI=1S/C16H16N6O2S/c1-10-5-6-12-13(8-10)22-16(21-12)14-15(17)18-9-11(20-14)4-3-7-19-25(2,23)24/h5-6,8-9,19H,7H2,1-2H3,(H2,17,18)(H,21,22). The lowest BCUT2D eigenvalue weighted by molar-refractivity contribution is 0.592. The number of rotatable bonds is 3. The molecule has 0 fully saturated rings. The Morgan fingerprint density at radius 3 is 2.88 bits per heavy atom. The molecule has 8 nitrogen and oxygen atoms in total. The van der Waals surface area contributed by atoms with Gasteiger partial charge in [-0.15, -0.1) is 0 Å². The monoisotopic (exact) mass is 356 g/mol. The van der Waals surface area contributed by atoms with Crippen LogP contribution in [0.1, 0.15) is 11.3 Å². The third kappa shape index (κ3) is 4.12. The van der Waals surface area contributed by atoms with Crippen molar-refractivity contribution in [3.63, 3.8) is 0 Å². The summed E-state index contributed by atoms with van der Waals surface area (Å²) in [6.07, 6.45) is 2.50. The second-order valence-corrected chi connectivity index (χ2v) is 7.32. The zero-order valence-electron chi connectivity index (χ0n) is 13.7. The first kappa shape index (κ1) is 16.9. The van der Waals surface area contributed by atoms with Crippen LogP contribution >= 0.6 is 0 Å². The van der Waals surface area contributed by atoms with Gasteiger partial charge in [0.25, 0.3) is 0 Å². The van der Waals surface area contributed by atoms with Crippen LogP contribution in [0.5, 0.6) is 0 Å². The first-order valence-electron chi connectivity index (χ1n) is 7.34. The van der Waals surface area contributed by atoms with Gasteiger partial charge < -0.3 is 10.7 Å². The van der Waals surface area contributed by atoms with Crippen molar-refractivity contribution in [3.05, 3.63) is 35.7 Å². The molecule has 25 heavy (non-hydrogen) atoms. The van der Waals surface area contributed by atoms with Gasteiger partial charge in [0.05, 0.1) is 30.0 Å². The fourth-order valence-corrected chi connectivity index (χ4v) is 2.50. The van der Waals surface area contributed by atoms with Crippen LogP contribution in [0.3, 0.4) is 0 Å². The van der Waals surface area contributed by atoms with Gasteiger partial charge in [-0.05, 0) is 30.5 Å². The lowest BCUT2D eigenvalue weighted by atomic mass is 10.2. The number of aromatic amines is 1. The molecule has 0 bridgehead atoms. The van der Waals surface area contributed by atoms with Gasteiger partial charge in [-0.25, -0.2) is 28.1 Å². The van der Waals surface area contributed by atoms with E-state index in [1.807, 2.05) is 25.1 Å². The van der Waals surface area contributed by atoms with Crippen LogP contribution in [0, 0.1) is 18.8 Å². The molecule has 0 atom stereocenters. The van der Waals surface area contributed by atoms with Crippen LogP contribution in [-0.2, 0) is 10.0 Å². The Hall–Kier alpha value is -2.96. The predicted molar refractivity (Wildman–Crippen MR) is 96.0 cm³/mol. The first-order chi connectivity index (χ1) is 11.8. The molecule has 1 aromatic carbocycles. The Morgan fingerprint density at radius 1 is 1.32 bits per heavy atom. The Labute approximate surface area is 145 Å². The molecule has 0 amide bonds. The minimum Gasteiger partial charge on any atom is -0.382 e. The average Bonchev–Trinajstić information content (AvgIpc) is 2.94. The molecule has 128 valence electrons. The average molecular weight is 356 g/mol. The fraction of sp³-hybridized carbons (Fsp3) is 0.188. The largest absolute Gasteiger partial charge is 0.382 e. The highest BCUT2D eigenvalue weighted by Crippen LogP contribution is 2.23. The van der Waals surface area contributed by atoms with Crippen molar-refractivity contribution < 1.29 is 8.42 Å². The molecule has 0 spiro atoms. The second-order valence-electron chi connectivity index (χ2n) is 5.49. The van der Waals surface area contributed by atoms with Crippen molar-refractivity contribution >= 4 is 26.9 Å². The maximum absolute atomic E-state index is 11.0. The van der Waals surface area contributed by atoms with E-state index in [1.54, 1.807) is 0 Å². The molecule has 2 heterocycles.